The van der Waals surface area contributed by atoms with Crippen molar-refractivity contribution in [1.29, 1.82) is 0 Å². The predicted molar refractivity (Wildman–Crippen MR) is 117 cm³/mol. The summed E-state index contributed by atoms with van der Waals surface area (Å²) in [5.41, 5.74) is 5.41. The van der Waals surface area contributed by atoms with E-state index in [-0.39, 0.29) is 18.4 Å². The number of nitrogens with one attached hydrogen (secondary N) is 1. The van der Waals surface area contributed by atoms with Crippen molar-refractivity contribution in [3.8, 4) is 0 Å². The molecular formula is C25H26N3O2+. The van der Waals surface area contributed by atoms with E-state index in [4.69, 9.17) is 0 Å². The van der Waals surface area contributed by atoms with E-state index >= 15 is 0 Å². The van der Waals surface area contributed by atoms with Crippen molar-refractivity contribution >= 4 is 23.2 Å². The van der Waals surface area contributed by atoms with Gasteiger partial charge >= 0.3 is 0 Å². The van der Waals surface area contributed by atoms with Gasteiger partial charge < -0.3 is 5.32 Å². The highest BCUT2D eigenvalue weighted by Gasteiger charge is 2.44. The van der Waals surface area contributed by atoms with Crippen LogP contribution in [-0.4, -0.2) is 11.8 Å². The van der Waals surface area contributed by atoms with E-state index in [2.05, 4.69) is 12.2 Å². The van der Waals surface area contributed by atoms with Crippen molar-refractivity contribution in [2.24, 2.45) is 0 Å². The molecule has 5 heteroatoms. The zero-order valence-electron chi connectivity index (χ0n) is 17.6. The first kappa shape index (κ1) is 19.8. The van der Waals surface area contributed by atoms with Gasteiger partial charge in [0.05, 0.1) is 5.69 Å². The second kappa shape index (κ2) is 8.11. The standard InChI is InChI=1S/C25H25N3O2/c1-4-19-12-9-11-18(3)23(19)28-22(29)16-27-15-8-7-14-21(27)24(28)25(30)26-20-13-6-5-10-17(20)2/h5-15,24H,4,16H2,1-3H3/p+1/t24-/m1/s1. The van der Waals surface area contributed by atoms with Gasteiger partial charge in [0.25, 0.3) is 11.8 Å². The monoisotopic (exact) mass is 400 g/mol. The maximum atomic E-state index is 13.6. The number of hydrogen-bond donors (Lipinski definition) is 1. The van der Waals surface area contributed by atoms with Crippen LogP contribution in [0.1, 0.15) is 35.3 Å². The molecule has 0 aliphatic carbocycles. The number of rotatable bonds is 4. The highest BCUT2D eigenvalue weighted by molar-refractivity contribution is 6.06. The minimum absolute atomic E-state index is 0.0902. The number of amides is 2. The van der Waals surface area contributed by atoms with Crippen LogP contribution >= 0.6 is 0 Å². The number of para-hydroxylation sites is 2. The third-order valence-electron chi connectivity index (χ3n) is 5.68. The Kier molecular flexibility index (Phi) is 5.36. The van der Waals surface area contributed by atoms with E-state index < -0.39 is 6.04 Å². The Morgan fingerprint density at radius 3 is 2.53 bits per heavy atom. The van der Waals surface area contributed by atoms with Crippen LogP contribution in [0.2, 0.25) is 0 Å². The number of carbonyl (C=O) groups is 2. The molecule has 0 unspecified atom stereocenters. The Morgan fingerprint density at radius 2 is 1.77 bits per heavy atom. The van der Waals surface area contributed by atoms with Crippen LogP contribution in [0.3, 0.4) is 0 Å². The molecule has 1 aliphatic rings. The molecule has 0 radical (unpaired) electrons. The van der Waals surface area contributed by atoms with Crippen molar-refractivity contribution in [3.63, 3.8) is 0 Å². The first-order chi connectivity index (χ1) is 14.5. The fourth-order valence-corrected chi connectivity index (χ4v) is 4.15. The molecule has 30 heavy (non-hydrogen) atoms. The van der Waals surface area contributed by atoms with Crippen LogP contribution < -0.4 is 14.8 Å². The number of aromatic nitrogens is 1. The van der Waals surface area contributed by atoms with Crippen LogP contribution in [0.25, 0.3) is 0 Å². The Hall–Kier alpha value is -3.47. The molecule has 0 spiro atoms. The van der Waals surface area contributed by atoms with Crippen LogP contribution in [-0.2, 0) is 22.6 Å². The van der Waals surface area contributed by atoms with Crippen molar-refractivity contribution in [3.05, 3.63) is 89.2 Å². The molecule has 1 aromatic heterocycles. The van der Waals surface area contributed by atoms with Crippen molar-refractivity contribution in [2.45, 2.75) is 39.8 Å². The van der Waals surface area contributed by atoms with Gasteiger partial charge in [-0.15, -0.1) is 0 Å². The number of fused-ring (bicyclic) bond motifs is 1. The second-order valence-corrected chi connectivity index (χ2v) is 7.66. The molecule has 152 valence electrons. The van der Waals surface area contributed by atoms with E-state index in [1.165, 1.54) is 0 Å². The summed E-state index contributed by atoms with van der Waals surface area (Å²) in [6.07, 6.45) is 2.64. The molecule has 2 aromatic carbocycles. The number of aryl methyl sites for hydroxylation is 3. The summed E-state index contributed by atoms with van der Waals surface area (Å²) in [7, 11) is 0. The molecular weight excluding hydrogens is 374 g/mol. The average molecular weight is 401 g/mol. The molecule has 0 saturated heterocycles. The van der Waals surface area contributed by atoms with E-state index in [9.17, 15) is 9.59 Å². The number of hydrogen-bond acceptors (Lipinski definition) is 2. The average Bonchev–Trinajstić information content (AvgIpc) is 2.74. The van der Waals surface area contributed by atoms with Crippen LogP contribution in [0.5, 0.6) is 0 Å². The highest BCUT2D eigenvalue weighted by Crippen LogP contribution is 2.35. The maximum absolute atomic E-state index is 13.6. The number of anilines is 2. The number of pyridine rings is 1. The lowest BCUT2D eigenvalue weighted by Gasteiger charge is -2.34. The van der Waals surface area contributed by atoms with Crippen molar-refractivity contribution < 1.29 is 14.2 Å². The molecule has 0 bridgehead atoms. The quantitative estimate of drug-likeness (QED) is 0.676. The fourth-order valence-electron chi connectivity index (χ4n) is 4.15. The summed E-state index contributed by atoms with van der Waals surface area (Å²) in [5.74, 6) is -0.310. The van der Waals surface area contributed by atoms with Gasteiger partial charge in [-0.3, -0.25) is 14.5 Å². The van der Waals surface area contributed by atoms with E-state index in [1.54, 1.807) is 4.90 Å². The molecule has 2 heterocycles. The summed E-state index contributed by atoms with van der Waals surface area (Å²) < 4.78 is 1.87. The lowest BCUT2D eigenvalue weighted by molar-refractivity contribution is -0.695. The summed E-state index contributed by atoms with van der Waals surface area (Å²) in [4.78, 5) is 28.6. The van der Waals surface area contributed by atoms with Crippen LogP contribution in [0.15, 0.2) is 66.9 Å². The summed E-state index contributed by atoms with van der Waals surface area (Å²) in [6.45, 7) is 6.23. The Balaban J connectivity index is 1.85. The molecule has 2 amide bonds. The van der Waals surface area contributed by atoms with E-state index in [1.807, 2.05) is 85.3 Å². The zero-order chi connectivity index (χ0) is 21.3. The lowest BCUT2D eigenvalue weighted by Crippen LogP contribution is -2.58. The molecule has 5 nitrogen and oxygen atoms in total. The van der Waals surface area contributed by atoms with Crippen molar-refractivity contribution in [2.75, 3.05) is 10.2 Å². The SMILES string of the molecule is CCc1cccc(C)c1N1C(=O)C[n+]2ccccc2[C@@H]1C(=O)Nc1ccccc1C. The summed E-state index contributed by atoms with van der Waals surface area (Å²) in [6, 6.07) is 18.6. The third kappa shape index (κ3) is 3.47. The number of carbonyl (C=O) groups excluding carboxylic acids is 2. The first-order valence-corrected chi connectivity index (χ1v) is 10.3. The molecule has 1 aliphatic heterocycles. The highest BCUT2D eigenvalue weighted by atomic mass is 16.2. The van der Waals surface area contributed by atoms with Gasteiger partial charge in [0.1, 0.15) is 0 Å². The van der Waals surface area contributed by atoms with Crippen LogP contribution in [0.4, 0.5) is 11.4 Å². The van der Waals surface area contributed by atoms with Gasteiger partial charge in [-0.05, 0) is 43.0 Å². The Labute approximate surface area is 177 Å². The zero-order valence-corrected chi connectivity index (χ0v) is 17.6. The molecule has 0 saturated carbocycles. The van der Waals surface area contributed by atoms with Gasteiger partial charge in [0, 0.05) is 17.8 Å². The Morgan fingerprint density at radius 1 is 1.03 bits per heavy atom. The topological polar surface area (TPSA) is 53.3 Å². The maximum Gasteiger partial charge on any atom is 0.294 e. The van der Waals surface area contributed by atoms with Gasteiger partial charge in [-0.25, -0.2) is 0 Å². The van der Waals surface area contributed by atoms with E-state index in [0.29, 0.717) is 0 Å². The molecule has 1 atom stereocenters. The molecule has 0 fully saturated rings. The van der Waals surface area contributed by atoms with Crippen molar-refractivity contribution in [1.82, 2.24) is 0 Å². The lowest BCUT2D eigenvalue weighted by atomic mass is 9.99. The molecule has 1 N–H and O–H groups in total. The first-order valence-electron chi connectivity index (χ1n) is 10.3. The van der Waals surface area contributed by atoms with Gasteiger partial charge in [-0.2, -0.15) is 4.57 Å². The van der Waals surface area contributed by atoms with Gasteiger partial charge in [0.2, 0.25) is 18.3 Å². The number of benzene rings is 2. The third-order valence-corrected chi connectivity index (χ3v) is 5.68. The van der Waals surface area contributed by atoms with E-state index in [0.717, 1.165) is 40.2 Å². The second-order valence-electron chi connectivity index (χ2n) is 7.66. The Bertz CT molecular complexity index is 1120. The minimum atomic E-state index is -0.751. The minimum Gasteiger partial charge on any atom is -0.324 e. The van der Waals surface area contributed by atoms with Gasteiger partial charge in [-0.1, -0.05) is 49.4 Å². The largest absolute Gasteiger partial charge is 0.324 e. The summed E-state index contributed by atoms with van der Waals surface area (Å²) in [5, 5.41) is 3.05. The van der Waals surface area contributed by atoms with Gasteiger partial charge in [0.15, 0.2) is 6.20 Å². The normalized spacial score (nSPS) is 15.6. The fraction of sp³-hybridized carbons (Fsp3) is 0.240. The summed E-state index contributed by atoms with van der Waals surface area (Å²) >= 11 is 0. The predicted octanol–water partition coefficient (Wildman–Crippen LogP) is 3.88. The molecule has 4 rings (SSSR count). The number of nitrogens with zero attached hydrogens (tertiary/aromatic N) is 2. The molecule has 3 aromatic rings. The smallest absolute Gasteiger partial charge is 0.294 e. The van der Waals surface area contributed by atoms with Crippen LogP contribution in [0, 0.1) is 13.8 Å².